The van der Waals surface area contributed by atoms with Crippen molar-refractivity contribution < 1.29 is 66.8 Å². The van der Waals surface area contributed by atoms with Gasteiger partial charge in [-0.3, -0.25) is 29.3 Å². The zero-order valence-corrected chi connectivity index (χ0v) is 45.0. The Balaban J connectivity index is 1.32. The van der Waals surface area contributed by atoms with Crippen LogP contribution < -0.4 is 57.2 Å². The number of nitrogens with two attached hydrogens (primary N) is 1. The fraction of sp³-hybridized carbons (Fsp3) is 0.333. The van der Waals surface area contributed by atoms with Gasteiger partial charge >= 0.3 is 18.3 Å². The van der Waals surface area contributed by atoms with Crippen LogP contribution in [0.25, 0.3) is 0 Å². The van der Waals surface area contributed by atoms with Crippen LogP contribution >= 0.6 is 0 Å². The van der Waals surface area contributed by atoms with E-state index in [-0.39, 0.29) is 90.1 Å². The standard InChI is InChI=1S/C57H68N8O14/c1-57(2,3)79-56(73)63-40-25-28-48(76-6)43(33-40)51(68)65-45(22-14-16-30-60-55(72)78-35-37-19-11-8-12-20-37)53(70)62-39-24-27-47(75-5)42(32-39)50(67)64-44(52(69)61-38-23-26-46(74-4)41(31-38)49(58)66)21-13-15-29-59-54(71)77-34-36-17-9-7-10-18-36/h7-12,17-20,23-28,31-33,44-45H,13-16,21-22,29-30,34-35H2,1-6H3,(H2,58,66)(H,59,71)(H,60,72)(H,61,69)(H,62,70)(H,63,73)(H,64,67)(H,65,68)/t44?,45-/m0/s1. The Morgan fingerprint density at radius 1 is 0.481 bits per heavy atom. The number of primary amides is 1. The van der Waals surface area contributed by atoms with Gasteiger partial charge < -0.3 is 66.1 Å². The first-order valence-electron chi connectivity index (χ1n) is 25.3. The summed E-state index contributed by atoms with van der Waals surface area (Å²) in [5, 5.41) is 19.0. The lowest BCUT2D eigenvalue weighted by molar-refractivity contribution is -0.118. The van der Waals surface area contributed by atoms with Gasteiger partial charge in [0, 0.05) is 30.2 Å². The molecule has 0 saturated carbocycles. The highest BCUT2D eigenvalue weighted by molar-refractivity contribution is 6.06. The Bertz CT molecular complexity index is 2900. The molecule has 0 aliphatic rings. The van der Waals surface area contributed by atoms with Gasteiger partial charge in [-0.2, -0.15) is 0 Å². The summed E-state index contributed by atoms with van der Waals surface area (Å²) in [4.78, 5) is 106. The molecule has 0 aliphatic heterocycles. The van der Waals surface area contributed by atoms with Crippen molar-refractivity contribution in [2.75, 3.05) is 50.4 Å². The van der Waals surface area contributed by atoms with E-state index in [9.17, 15) is 38.4 Å². The summed E-state index contributed by atoms with van der Waals surface area (Å²) >= 11 is 0. The summed E-state index contributed by atoms with van der Waals surface area (Å²) in [5.74, 6) is -3.24. The minimum atomic E-state index is -1.22. The molecule has 79 heavy (non-hydrogen) atoms. The molecular formula is C57H68N8O14. The second kappa shape index (κ2) is 30.4. The lowest BCUT2D eigenvalue weighted by atomic mass is 10.1. The van der Waals surface area contributed by atoms with Gasteiger partial charge in [-0.1, -0.05) is 60.7 Å². The molecule has 0 saturated heterocycles. The van der Waals surface area contributed by atoms with Crippen LogP contribution in [0.5, 0.6) is 17.2 Å². The Morgan fingerprint density at radius 3 is 1.24 bits per heavy atom. The molecule has 0 bridgehead atoms. The average molecular weight is 1090 g/mol. The average Bonchev–Trinajstić information content (AvgIpc) is 3.44. The van der Waals surface area contributed by atoms with Crippen molar-refractivity contribution in [2.24, 2.45) is 5.73 Å². The van der Waals surface area contributed by atoms with E-state index in [0.29, 0.717) is 25.7 Å². The van der Waals surface area contributed by atoms with Crippen molar-refractivity contribution in [3.05, 3.63) is 143 Å². The molecule has 420 valence electrons. The van der Waals surface area contributed by atoms with Gasteiger partial charge in [-0.05, 0) is 125 Å². The monoisotopic (exact) mass is 1090 g/mol. The lowest BCUT2D eigenvalue weighted by Gasteiger charge is -2.22. The summed E-state index contributed by atoms with van der Waals surface area (Å²) in [7, 11) is 4.05. The number of hydrogen-bond donors (Lipinski definition) is 8. The van der Waals surface area contributed by atoms with Crippen molar-refractivity contribution in [3.8, 4) is 17.2 Å². The van der Waals surface area contributed by atoms with E-state index in [1.54, 1.807) is 20.8 Å². The van der Waals surface area contributed by atoms with Crippen molar-refractivity contribution in [1.82, 2.24) is 21.3 Å². The third-order valence-corrected chi connectivity index (χ3v) is 11.6. The van der Waals surface area contributed by atoms with E-state index in [0.717, 1.165) is 11.1 Å². The molecule has 0 radical (unpaired) electrons. The maximum Gasteiger partial charge on any atom is 0.412 e. The summed E-state index contributed by atoms with van der Waals surface area (Å²) in [6, 6.07) is 28.8. The molecule has 2 atom stereocenters. The molecule has 9 N–H and O–H groups in total. The molecule has 0 fully saturated rings. The molecule has 0 spiro atoms. The molecule has 22 nitrogen and oxygen atoms in total. The first-order valence-corrected chi connectivity index (χ1v) is 25.3. The summed E-state index contributed by atoms with van der Waals surface area (Å²) < 4.78 is 32.2. The van der Waals surface area contributed by atoms with Crippen molar-refractivity contribution in [1.29, 1.82) is 0 Å². The summed E-state index contributed by atoms with van der Waals surface area (Å²) in [6.45, 7) is 5.63. The Hall–Kier alpha value is -9.34. The highest BCUT2D eigenvalue weighted by atomic mass is 16.6. The molecular weight excluding hydrogens is 1020 g/mol. The van der Waals surface area contributed by atoms with Gasteiger partial charge in [0.2, 0.25) is 11.8 Å². The number of rotatable bonds is 27. The quantitative estimate of drug-likeness (QED) is 0.0184. The summed E-state index contributed by atoms with van der Waals surface area (Å²) in [6.07, 6.45) is -0.466. The number of methoxy groups -OCH3 is 3. The second-order valence-corrected chi connectivity index (χ2v) is 18.7. The maximum atomic E-state index is 14.3. The second-order valence-electron chi connectivity index (χ2n) is 18.7. The van der Waals surface area contributed by atoms with Gasteiger partial charge in [0.1, 0.15) is 48.1 Å². The number of unbranched alkanes of at least 4 members (excludes halogenated alkanes) is 2. The molecule has 22 heteroatoms. The van der Waals surface area contributed by atoms with Crippen LogP contribution in [0.3, 0.4) is 0 Å². The molecule has 5 rings (SSSR count). The number of alkyl carbamates (subject to hydrolysis) is 2. The minimum Gasteiger partial charge on any atom is -0.496 e. The van der Waals surface area contributed by atoms with Crippen LogP contribution in [-0.4, -0.2) is 99.9 Å². The number of anilines is 3. The normalized spacial score (nSPS) is 11.5. The first kappa shape index (κ1) is 60.5. The van der Waals surface area contributed by atoms with Gasteiger partial charge in [-0.25, -0.2) is 14.4 Å². The zero-order chi connectivity index (χ0) is 57.3. The van der Waals surface area contributed by atoms with E-state index in [1.807, 2.05) is 60.7 Å². The third kappa shape index (κ3) is 20.3. The van der Waals surface area contributed by atoms with Gasteiger partial charge in [0.05, 0.1) is 38.0 Å². The number of benzene rings is 5. The van der Waals surface area contributed by atoms with Crippen LogP contribution in [0.15, 0.2) is 115 Å². The van der Waals surface area contributed by atoms with Crippen molar-refractivity contribution in [2.45, 2.75) is 90.2 Å². The Labute approximate surface area is 458 Å². The fourth-order valence-corrected chi connectivity index (χ4v) is 7.67. The molecule has 1 unspecified atom stereocenters. The van der Waals surface area contributed by atoms with E-state index >= 15 is 0 Å². The predicted molar refractivity (Wildman–Crippen MR) is 294 cm³/mol. The Morgan fingerprint density at radius 2 is 0.861 bits per heavy atom. The highest BCUT2D eigenvalue weighted by Gasteiger charge is 2.27. The summed E-state index contributed by atoms with van der Waals surface area (Å²) in [5.41, 5.74) is 6.81. The molecule has 5 aromatic rings. The van der Waals surface area contributed by atoms with E-state index in [4.69, 9.17) is 34.2 Å². The lowest BCUT2D eigenvalue weighted by Crippen LogP contribution is -2.44. The van der Waals surface area contributed by atoms with E-state index in [2.05, 4.69) is 37.2 Å². The number of carbonyl (C=O) groups is 8. The van der Waals surface area contributed by atoms with E-state index in [1.165, 1.54) is 75.9 Å². The van der Waals surface area contributed by atoms with E-state index < -0.39 is 65.5 Å². The number of hydrogen-bond acceptors (Lipinski definition) is 14. The van der Waals surface area contributed by atoms with Gasteiger partial charge in [0.25, 0.3) is 17.7 Å². The number of carbonyl (C=O) groups excluding carboxylic acids is 8. The highest BCUT2D eigenvalue weighted by Crippen LogP contribution is 2.27. The topological polar surface area (TPSA) is 302 Å². The molecule has 0 aromatic heterocycles. The number of amides is 8. The smallest absolute Gasteiger partial charge is 0.412 e. The van der Waals surface area contributed by atoms with Crippen LogP contribution in [0, 0.1) is 0 Å². The van der Waals surface area contributed by atoms with Crippen LogP contribution in [0.4, 0.5) is 31.4 Å². The fourth-order valence-electron chi connectivity index (χ4n) is 7.67. The number of nitrogens with one attached hydrogen (secondary N) is 7. The van der Waals surface area contributed by atoms with Crippen LogP contribution in [0.1, 0.15) is 101 Å². The maximum absolute atomic E-state index is 14.3. The molecule has 0 heterocycles. The first-order chi connectivity index (χ1) is 37.9. The third-order valence-electron chi connectivity index (χ3n) is 11.6. The van der Waals surface area contributed by atoms with Crippen molar-refractivity contribution >= 4 is 64.9 Å². The Kier molecular flexibility index (Phi) is 23.3. The number of ether oxygens (including phenoxy) is 6. The minimum absolute atomic E-state index is 0.00629. The molecule has 0 aliphatic carbocycles. The van der Waals surface area contributed by atoms with Crippen LogP contribution in [0.2, 0.25) is 0 Å². The van der Waals surface area contributed by atoms with Crippen molar-refractivity contribution in [3.63, 3.8) is 0 Å². The molecule has 8 amide bonds. The largest absolute Gasteiger partial charge is 0.496 e. The zero-order valence-electron chi connectivity index (χ0n) is 45.0. The van der Waals surface area contributed by atoms with Gasteiger partial charge in [-0.15, -0.1) is 0 Å². The van der Waals surface area contributed by atoms with Crippen LogP contribution in [-0.2, 0) is 37.0 Å². The van der Waals surface area contributed by atoms with Gasteiger partial charge in [0.15, 0.2) is 0 Å². The SMILES string of the molecule is COc1ccc(NC(=O)C(CCCCNC(=O)OCc2ccccc2)NC(=O)c2cc(NC(=O)[C@H](CCCCNC(=O)OCc3ccccc3)NC(=O)c3cc(NC(=O)OC(C)(C)C)ccc3OC)ccc2OC)cc1C(N)=O. The predicted octanol–water partition coefficient (Wildman–Crippen LogP) is 7.83. The molecule has 5 aromatic carbocycles.